The number of anilines is 2. The Morgan fingerprint density at radius 3 is 2.24 bits per heavy atom. The second kappa shape index (κ2) is 13.3. The number of amides is 1. The highest BCUT2D eigenvalue weighted by molar-refractivity contribution is 5.90. The van der Waals surface area contributed by atoms with Crippen LogP contribution in [0.15, 0.2) is 97.2 Å². The van der Waals surface area contributed by atoms with Crippen LogP contribution in [0.5, 0.6) is 0 Å². The fraction of sp³-hybridized carbons (Fsp3) is 0.172. The van der Waals surface area contributed by atoms with E-state index in [9.17, 15) is 18.0 Å². The Labute approximate surface area is 218 Å². The van der Waals surface area contributed by atoms with Crippen LogP contribution in [0, 0.1) is 0 Å². The minimum absolute atomic E-state index is 0.0604. The van der Waals surface area contributed by atoms with Crippen molar-refractivity contribution >= 4 is 29.3 Å². The van der Waals surface area contributed by atoms with Gasteiger partial charge < -0.3 is 21.1 Å². The van der Waals surface area contributed by atoms with E-state index in [0.29, 0.717) is 13.0 Å². The molecule has 198 valence electrons. The van der Waals surface area contributed by atoms with Crippen LogP contribution >= 0.6 is 0 Å². The number of hydrogen-bond donors (Lipinski definition) is 3. The average molecular weight is 524 g/mol. The molecule has 1 aliphatic heterocycles. The SMILES string of the molecule is NCCC(=O)Nc1ccc(/C=C/C2C=CN(Cc3ccccc3)c3ccccc32)cc1.O=C(O)C(F)(F)F. The van der Waals surface area contributed by atoms with Crippen LogP contribution in [0.4, 0.5) is 24.5 Å². The van der Waals surface area contributed by atoms with E-state index in [2.05, 4.69) is 83.2 Å². The van der Waals surface area contributed by atoms with Gasteiger partial charge in [0.2, 0.25) is 5.91 Å². The molecule has 1 atom stereocenters. The largest absolute Gasteiger partial charge is 0.490 e. The van der Waals surface area contributed by atoms with Gasteiger partial charge in [0, 0.05) is 43.0 Å². The zero-order chi connectivity index (χ0) is 27.5. The van der Waals surface area contributed by atoms with Gasteiger partial charge in [-0.05, 0) is 34.9 Å². The predicted molar refractivity (Wildman–Crippen MR) is 142 cm³/mol. The van der Waals surface area contributed by atoms with Gasteiger partial charge in [-0.25, -0.2) is 4.79 Å². The highest BCUT2D eigenvalue weighted by atomic mass is 19.4. The number of para-hydroxylation sites is 1. The summed E-state index contributed by atoms with van der Waals surface area (Å²) < 4.78 is 31.7. The molecule has 0 spiro atoms. The topological polar surface area (TPSA) is 95.7 Å². The number of alkyl halides is 3. The lowest BCUT2D eigenvalue weighted by Crippen LogP contribution is -2.21. The number of carboxylic acid groups (broad SMARTS) is 1. The summed E-state index contributed by atoms with van der Waals surface area (Å²) in [5, 5.41) is 9.98. The van der Waals surface area contributed by atoms with E-state index < -0.39 is 12.1 Å². The van der Waals surface area contributed by atoms with Crippen molar-refractivity contribution < 1.29 is 27.9 Å². The summed E-state index contributed by atoms with van der Waals surface area (Å²) in [7, 11) is 0. The van der Waals surface area contributed by atoms with Crippen LogP contribution in [0.2, 0.25) is 0 Å². The molecule has 0 aliphatic carbocycles. The minimum atomic E-state index is -5.08. The summed E-state index contributed by atoms with van der Waals surface area (Å²) in [4.78, 5) is 22.9. The van der Waals surface area contributed by atoms with E-state index in [4.69, 9.17) is 15.6 Å². The smallest absolute Gasteiger partial charge is 0.475 e. The van der Waals surface area contributed by atoms with E-state index in [1.54, 1.807) is 0 Å². The molecule has 0 saturated heterocycles. The van der Waals surface area contributed by atoms with E-state index in [0.717, 1.165) is 17.8 Å². The normalized spacial score (nSPS) is 14.4. The first-order valence-corrected chi connectivity index (χ1v) is 11.8. The maximum atomic E-state index is 11.7. The number of benzene rings is 3. The molecule has 6 nitrogen and oxygen atoms in total. The molecule has 1 unspecified atom stereocenters. The Morgan fingerprint density at radius 1 is 0.974 bits per heavy atom. The molecular weight excluding hydrogens is 495 g/mol. The Balaban J connectivity index is 0.000000505. The van der Waals surface area contributed by atoms with Crippen molar-refractivity contribution in [2.24, 2.45) is 5.73 Å². The number of nitrogens with two attached hydrogens (primary N) is 1. The lowest BCUT2D eigenvalue weighted by molar-refractivity contribution is -0.192. The molecule has 4 rings (SSSR count). The van der Waals surface area contributed by atoms with E-state index in [1.807, 2.05) is 30.3 Å². The second-order valence-corrected chi connectivity index (χ2v) is 8.41. The highest BCUT2D eigenvalue weighted by Crippen LogP contribution is 2.35. The van der Waals surface area contributed by atoms with Crippen molar-refractivity contribution in [1.82, 2.24) is 0 Å². The number of fused-ring (bicyclic) bond motifs is 1. The van der Waals surface area contributed by atoms with Crippen LogP contribution in [-0.2, 0) is 16.1 Å². The van der Waals surface area contributed by atoms with Crippen LogP contribution in [-0.4, -0.2) is 29.7 Å². The van der Waals surface area contributed by atoms with Crippen molar-refractivity contribution in [3.8, 4) is 0 Å². The molecule has 0 bridgehead atoms. The van der Waals surface area contributed by atoms with Gasteiger partial charge >= 0.3 is 12.1 Å². The Hall–Kier alpha value is -4.37. The molecule has 3 aromatic carbocycles. The Bertz CT molecular complexity index is 1270. The summed E-state index contributed by atoms with van der Waals surface area (Å²) in [5.41, 5.74) is 11.1. The number of aliphatic carboxylic acids is 1. The van der Waals surface area contributed by atoms with Gasteiger partial charge in [0.05, 0.1) is 0 Å². The van der Waals surface area contributed by atoms with Crippen LogP contribution < -0.4 is 16.0 Å². The number of nitrogens with one attached hydrogen (secondary N) is 1. The molecule has 0 fully saturated rings. The number of allylic oxidation sites excluding steroid dienone is 2. The third-order valence-electron chi connectivity index (χ3n) is 5.58. The van der Waals surface area contributed by atoms with E-state index >= 15 is 0 Å². The van der Waals surface area contributed by atoms with E-state index in [-0.39, 0.29) is 11.8 Å². The summed E-state index contributed by atoms with van der Waals surface area (Å²) in [5.74, 6) is -2.60. The maximum absolute atomic E-state index is 11.7. The van der Waals surface area contributed by atoms with Gasteiger partial charge in [0.1, 0.15) is 0 Å². The molecule has 38 heavy (non-hydrogen) atoms. The standard InChI is InChI=1S/C27H27N3O.C2HF3O2/c28-18-16-27(31)29-24-14-11-21(12-15-24)10-13-23-17-19-30(20-22-6-2-1-3-7-22)26-9-5-4-8-25(23)26;3-2(4,5)1(6)7/h1-15,17,19,23H,16,18,20,28H2,(H,29,31);(H,6,7)/b13-10+;. The van der Waals surface area contributed by atoms with Crippen molar-refractivity contribution in [3.05, 3.63) is 114 Å². The van der Waals surface area contributed by atoms with Crippen molar-refractivity contribution in [2.45, 2.75) is 25.1 Å². The summed E-state index contributed by atoms with van der Waals surface area (Å²) in [6.07, 6.45) is 4.02. The lowest BCUT2D eigenvalue weighted by Gasteiger charge is -2.29. The lowest BCUT2D eigenvalue weighted by atomic mass is 9.92. The van der Waals surface area contributed by atoms with Gasteiger partial charge in [0.25, 0.3) is 0 Å². The molecule has 0 aromatic heterocycles. The Morgan fingerprint density at radius 2 is 1.61 bits per heavy atom. The highest BCUT2D eigenvalue weighted by Gasteiger charge is 2.38. The predicted octanol–water partition coefficient (Wildman–Crippen LogP) is 5.94. The molecule has 0 saturated carbocycles. The van der Waals surface area contributed by atoms with Crippen LogP contribution in [0.3, 0.4) is 0 Å². The first kappa shape index (κ1) is 28.2. The first-order chi connectivity index (χ1) is 18.2. The van der Waals surface area contributed by atoms with Crippen molar-refractivity contribution in [2.75, 3.05) is 16.8 Å². The van der Waals surface area contributed by atoms with Gasteiger partial charge in [0.15, 0.2) is 0 Å². The molecule has 3 aromatic rings. The molecule has 9 heteroatoms. The average Bonchev–Trinajstić information content (AvgIpc) is 2.90. The van der Waals surface area contributed by atoms with Crippen molar-refractivity contribution in [3.63, 3.8) is 0 Å². The zero-order valence-corrected chi connectivity index (χ0v) is 20.4. The molecule has 1 amide bonds. The molecule has 0 radical (unpaired) electrons. The first-order valence-electron chi connectivity index (χ1n) is 11.8. The van der Waals surface area contributed by atoms with Gasteiger partial charge in [-0.1, -0.05) is 78.9 Å². The quantitative estimate of drug-likeness (QED) is 0.356. The Kier molecular flexibility index (Phi) is 9.84. The number of nitrogens with zero attached hydrogens (tertiary/aromatic N) is 1. The summed E-state index contributed by atoms with van der Waals surface area (Å²) in [6, 6.07) is 26.9. The number of carbonyl (C=O) groups is 2. The summed E-state index contributed by atoms with van der Waals surface area (Å²) >= 11 is 0. The number of carbonyl (C=O) groups excluding carboxylic acids is 1. The third kappa shape index (κ3) is 8.35. The van der Waals surface area contributed by atoms with Crippen LogP contribution in [0.25, 0.3) is 6.08 Å². The van der Waals surface area contributed by atoms with Crippen LogP contribution in [0.1, 0.15) is 29.0 Å². The van der Waals surface area contributed by atoms with Crippen molar-refractivity contribution in [1.29, 1.82) is 0 Å². The summed E-state index contributed by atoms with van der Waals surface area (Å²) in [6.45, 7) is 1.20. The fourth-order valence-corrected chi connectivity index (χ4v) is 3.74. The molecule has 4 N–H and O–H groups in total. The van der Waals surface area contributed by atoms with Gasteiger partial charge in [-0.2, -0.15) is 13.2 Å². The monoisotopic (exact) mass is 523 g/mol. The maximum Gasteiger partial charge on any atom is 0.490 e. The number of rotatable bonds is 7. The molecular formula is C29H28F3N3O3. The number of carboxylic acids is 1. The van der Waals surface area contributed by atoms with E-state index in [1.165, 1.54) is 16.8 Å². The minimum Gasteiger partial charge on any atom is -0.475 e. The fourth-order valence-electron chi connectivity index (χ4n) is 3.74. The second-order valence-electron chi connectivity index (χ2n) is 8.41. The number of halogens is 3. The van der Waals surface area contributed by atoms with Gasteiger partial charge in [-0.3, -0.25) is 4.79 Å². The number of hydrogen-bond acceptors (Lipinski definition) is 4. The van der Waals surface area contributed by atoms with Gasteiger partial charge in [-0.15, -0.1) is 0 Å². The third-order valence-corrected chi connectivity index (χ3v) is 5.58. The zero-order valence-electron chi connectivity index (χ0n) is 20.4. The molecule has 1 heterocycles. The molecule has 1 aliphatic rings.